The van der Waals surface area contributed by atoms with Crippen molar-refractivity contribution in [3.8, 4) is 6.07 Å². The van der Waals surface area contributed by atoms with Gasteiger partial charge in [-0.05, 0) is 17.4 Å². The van der Waals surface area contributed by atoms with Crippen LogP contribution < -0.4 is 0 Å². The molecule has 3 unspecified atom stereocenters. The maximum Gasteiger partial charge on any atom is 0.508 e. The number of hydrogen-bond acceptors (Lipinski definition) is 4. The third-order valence-electron chi connectivity index (χ3n) is 2.58. The Kier molecular flexibility index (Phi) is 5.78. The molecule has 0 radical (unpaired) electrons. The molecule has 5 heteroatoms. The van der Waals surface area contributed by atoms with Gasteiger partial charge in [0.15, 0.2) is 6.16 Å². The van der Waals surface area contributed by atoms with Crippen LogP contribution in [0, 0.1) is 17.2 Å². The van der Waals surface area contributed by atoms with Crippen molar-refractivity contribution < 1.29 is 13.8 Å². The Morgan fingerprint density at radius 1 is 1.67 bits per heavy atom. The van der Waals surface area contributed by atoms with E-state index >= 15 is 0 Å². The van der Waals surface area contributed by atoms with Crippen molar-refractivity contribution in [3.63, 3.8) is 0 Å². The van der Waals surface area contributed by atoms with E-state index in [1.54, 1.807) is 0 Å². The first-order valence-electron chi connectivity index (χ1n) is 5.34. The van der Waals surface area contributed by atoms with E-state index in [1.165, 1.54) is 0 Å². The van der Waals surface area contributed by atoms with Crippen LogP contribution in [0.2, 0.25) is 0 Å². The Morgan fingerprint density at radius 3 is 3.13 bits per heavy atom. The highest BCUT2D eigenvalue weighted by atomic mass is 31.1. The van der Waals surface area contributed by atoms with Gasteiger partial charge < -0.3 is 4.74 Å². The van der Waals surface area contributed by atoms with Gasteiger partial charge in [-0.3, -0.25) is 0 Å². The van der Waals surface area contributed by atoms with Crippen molar-refractivity contribution in [2.24, 2.45) is 5.92 Å². The van der Waals surface area contributed by atoms with Crippen molar-refractivity contribution in [3.05, 3.63) is 0 Å². The summed E-state index contributed by atoms with van der Waals surface area (Å²) in [6, 6.07) is 1.96. The van der Waals surface area contributed by atoms with E-state index in [0.29, 0.717) is 18.5 Å². The lowest BCUT2D eigenvalue weighted by Gasteiger charge is -2.10. The van der Waals surface area contributed by atoms with Gasteiger partial charge in [0.05, 0.1) is 18.6 Å². The zero-order valence-electron chi connectivity index (χ0n) is 9.02. The first kappa shape index (κ1) is 12.6. The summed E-state index contributed by atoms with van der Waals surface area (Å²) in [4.78, 5) is 0. The van der Waals surface area contributed by atoms with Crippen molar-refractivity contribution in [1.29, 1.82) is 5.26 Å². The van der Waals surface area contributed by atoms with Crippen LogP contribution in [0.5, 0.6) is 0 Å². The summed E-state index contributed by atoms with van der Waals surface area (Å²) in [7, 11) is -1.62. The first-order chi connectivity index (χ1) is 7.27. The Bertz CT molecular complexity index is 252. The fraction of sp³-hybridized carbons (Fsp3) is 0.900. The summed E-state index contributed by atoms with van der Waals surface area (Å²) in [5.41, 5.74) is 0. The lowest BCUT2D eigenvalue weighted by molar-refractivity contribution is 0.0912. The molecule has 0 saturated carbocycles. The van der Waals surface area contributed by atoms with Gasteiger partial charge in [0, 0.05) is 12.5 Å². The Labute approximate surface area is 91.4 Å². The van der Waals surface area contributed by atoms with Crippen molar-refractivity contribution in [2.45, 2.75) is 32.3 Å². The molecule has 0 aromatic heterocycles. The van der Waals surface area contributed by atoms with Crippen LogP contribution >= 0.6 is 8.03 Å². The zero-order chi connectivity index (χ0) is 11.1. The second-order valence-corrected chi connectivity index (χ2v) is 4.91. The number of nitrogens with zero attached hydrogens (tertiary/aromatic N) is 1. The zero-order valence-corrected chi connectivity index (χ0v) is 9.91. The molecule has 1 aliphatic rings. The van der Waals surface area contributed by atoms with Crippen LogP contribution in [0.1, 0.15) is 26.2 Å². The lowest BCUT2D eigenvalue weighted by atomic mass is 10.0. The molecule has 0 aliphatic carbocycles. The molecule has 84 valence electrons. The monoisotopic (exact) mass is 230 g/mol. The molecule has 0 spiro atoms. The topological polar surface area (TPSA) is 59.3 Å². The van der Waals surface area contributed by atoms with E-state index in [-0.39, 0.29) is 12.7 Å². The van der Waals surface area contributed by atoms with Crippen molar-refractivity contribution in [2.75, 3.05) is 19.4 Å². The predicted molar refractivity (Wildman–Crippen MR) is 56.8 cm³/mol. The van der Waals surface area contributed by atoms with E-state index in [1.807, 2.05) is 6.07 Å². The smallest absolute Gasteiger partial charge is 0.378 e. The molecule has 15 heavy (non-hydrogen) atoms. The molecule has 3 atom stereocenters. The maximum atomic E-state index is 11.5. The van der Waals surface area contributed by atoms with Crippen molar-refractivity contribution >= 4 is 8.03 Å². The molecule has 1 saturated heterocycles. The van der Waals surface area contributed by atoms with Crippen LogP contribution in [0.4, 0.5) is 0 Å². The predicted octanol–water partition coefficient (Wildman–Crippen LogP) is 2.47. The van der Waals surface area contributed by atoms with Gasteiger partial charge in [0.25, 0.3) is 0 Å². The van der Waals surface area contributed by atoms with Gasteiger partial charge in [0.2, 0.25) is 0 Å². The number of nitriles is 1. The molecular formula is C10H17NO3P+. The third-order valence-corrected chi connectivity index (χ3v) is 3.82. The molecule has 0 aromatic carbocycles. The largest absolute Gasteiger partial charge is 0.508 e. The average Bonchev–Trinajstić information content (AvgIpc) is 2.65. The van der Waals surface area contributed by atoms with Crippen LogP contribution in [0.3, 0.4) is 0 Å². The normalized spacial score (nSPS) is 26.3. The van der Waals surface area contributed by atoms with Gasteiger partial charge >= 0.3 is 8.03 Å². The molecular weight excluding hydrogens is 213 g/mol. The van der Waals surface area contributed by atoms with E-state index in [0.717, 1.165) is 19.4 Å². The molecule has 0 aromatic rings. The number of hydrogen-bond donors (Lipinski definition) is 0. The molecule has 4 nitrogen and oxygen atoms in total. The fourth-order valence-corrected chi connectivity index (χ4v) is 2.99. The van der Waals surface area contributed by atoms with Gasteiger partial charge in [-0.15, -0.1) is 4.52 Å². The Hall–Kier alpha value is -0.490. The first-order valence-corrected chi connectivity index (χ1v) is 6.70. The highest BCUT2D eigenvalue weighted by molar-refractivity contribution is 7.39. The molecule has 0 N–H and O–H groups in total. The summed E-state index contributed by atoms with van der Waals surface area (Å²) < 4.78 is 22.1. The minimum atomic E-state index is -1.62. The highest BCUT2D eigenvalue weighted by Gasteiger charge is 2.34. The second-order valence-electron chi connectivity index (χ2n) is 3.62. The van der Waals surface area contributed by atoms with Crippen LogP contribution in [-0.2, 0) is 13.8 Å². The summed E-state index contributed by atoms with van der Waals surface area (Å²) in [5, 5.41) is 8.30. The fourth-order valence-electron chi connectivity index (χ4n) is 1.79. The minimum absolute atomic E-state index is 0.239. The van der Waals surface area contributed by atoms with Gasteiger partial charge in [0.1, 0.15) is 6.61 Å². The van der Waals surface area contributed by atoms with E-state index in [4.69, 9.17) is 14.5 Å². The Morgan fingerprint density at radius 2 is 2.47 bits per heavy atom. The van der Waals surface area contributed by atoms with Crippen LogP contribution in [0.15, 0.2) is 0 Å². The summed E-state index contributed by atoms with van der Waals surface area (Å²) in [6.45, 7) is 3.12. The molecule has 0 amide bonds. The third kappa shape index (κ3) is 4.25. The molecule has 1 fully saturated rings. The quantitative estimate of drug-likeness (QED) is 0.519. The summed E-state index contributed by atoms with van der Waals surface area (Å²) >= 11 is 0. The Balaban J connectivity index is 2.22. The van der Waals surface area contributed by atoms with E-state index in [2.05, 4.69) is 6.92 Å². The number of rotatable bonds is 6. The highest BCUT2D eigenvalue weighted by Crippen LogP contribution is 2.33. The summed E-state index contributed by atoms with van der Waals surface area (Å²) in [6.07, 6.45) is 3.05. The second kappa shape index (κ2) is 6.90. The van der Waals surface area contributed by atoms with Gasteiger partial charge in [-0.1, -0.05) is 6.92 Å². The number of ether oxygens (including phenoxy) is 1. The molecule has 1 heterocycles. The lowest BCUT2D eigenvalue weighted by Crippen LogP contribution is -2.16. The molecule has 0 bridgehead atoms. The van der Waals surface area contributed by atoms with Crippen LogP contribution in [-0.4, -0.2) is 25.5 Å². The summed E-state index contributed by atoms with van der Waals surface area (Å²) in [5.74, 6) is 0.362. The molecule has 1 rings (SSSR count). The minimum Gasteiger partial charge on any atom is -0.378 e. The van der Waals surface area contributed by atoms with Gasteiger partial charge in [-0.25, -0.2) is 0 Å². The molecule has 1 aliphatic heterocycles. The maximum absolute atomic E-state index is 11.5. The van der Waals surface area contributed by atoms with Crippen molar-refractivity contribution in [1.82, 2.24) is 0 Å². The average molecular weight is 230 g/mol. The van der Waals surface area contributed by atoms with Gasteiger partial charge in [-0.2, -0.15) is 5.26 Å². The standard InChI is InChI=1S/C10H17NO3P/c1-2-10-9(4-7-13-10)8-15(12)14-6-3-5-11/h9-10H,2-4,6-8H2,1H3/q+1. The van der Waals surface area contributed by atoms with E-state index < -0.39 is 8.03 Å². The van der Waals surface area contributed by atoms with Crippen LogP contribution in [0.25, 0.3) is 0 Å². The SMILES string of the molecule is CCC1OCCC1C[P+](=O)OCCC#N. The van der Waals surface area contributed by atoms with E-state index in [9.17, 15) is 4.57 Å².